The molecule has 138 valence electrons. The molecule has 0 aliphatic carbocycles. The van der Waals surface area contributed by atoms with E-state index in [1.54, 1.807) is 0 Å². The van der Waals surface area contributed by atoms with Crippen LogP contribution in [0, 0.1) is 0 Å². The second-order valence-electron chi connectivity index (χ2n) is 5.70. The molecule has 6 nitrogen and oxygen atoms in total. The molecule has 1 heterocycles. The van der Waals surface area contributed by atoms with Crippen molar-refractivity contribution in [2.75, 3.05) is 18.1 Å². The van der Waals surface area contributed by atoms with Gasteiger partial charge in [0.25, 0.3) is 5.91 Å². The summed E-state index contributed by atoms with van der Waals surface area (Å²) in [5.74, 6) is -1.67. The number of hydrogen-bond donors (Lipinski definition) is 1. The van der Waals surface area contributed by atoms with Gasteiger partial charge in [-0.15, -0.1) is 0 Å². The standard InChI is InChI=1S/C15H16F3NO5S/c16-15(17,18)11-3-1-2-10(6-11)7-14(21)24-8-13(20)19-12-4-5-25(22,23)9-12/h1-3,6,12H,4-5,7-9H2,(H,19,20). The summed E-state index contributed by atoms with van der Waals surface area (Å²) >= 11 is 0. The van der Waals surface area contributed by atoms with E-state index in [4.69, 9.17) is 4.74 Å². The fourth-order valence-corrected chi connectivity index (χ4v) is 4.07. The Morgan fingerprint density at radius 1 is 1.28 bits per heavy atom. The first-order valence-corrected chi connectivity index (χ1v) is 9.19. The van der Waals surface area contributed by atoms with Gasteiger partial charge in [0, 0.05) is 6.04 Å². The summed E-state index contributed by atoms with van der Waals surface area (Å²) in [5, 5.41) is 2.44. The molecule has 1 amide bonds. The fourth-order valence-electron chi connectivity index (χ4n) is 2.40. The molecule has 1 aromatic carbocycles. The molecule has 1 N–H and O–H groups in total. The SMILES string of the molecule is O=C(COC(=O)Cc1cccc(C(F)(F)F)c1)NC1CCS(=O)(=O)C1. The monoisotopic (exact) mass is 379 g/mol. The molecule has 0 bridgehead atoms. The van der Waals surface area contributed by atoms with Crippen molar-refractivity contribution in [3.63, 3.8) is 0 Å². The first-order chi connectivity index (χ1) is 11.5. The van der Waals surface area contributed by atoms with Crippen molar-refractivity contribution in [3.05, 3.63) is 35.4 Å². The van der Waals surface area contributed by atoms with Gasteiger partial charge in [0.1, 0.15) is 0 Å². The molecule has 0 radical (unpaired) electrons. The lowest BCUT2D eigenvalue weighted by Gasteiger charge is -2.11. The van der Waals surface area contributed by atoms with Crippen LogP contribution in [-0.2, 0) is 36.8 Å². The van der Waals surface area contributed by atoms with E-state index in [-0.39, 0.29) is 17.1 Å². The first kappa shape index (κ1) is 19.2. The maximum atomic E-state index is 12.6. The number of nitrogens with one attached hydrogen (secondary N) is 1. The first-order valence-electron chi connectivity index (χ1n) is 7.37. The van der Waals surface area contributed by atoms with Crippen LogP contribution in [-0.4, -0.2) is 44.4 Å². The Morgan fingerprint density at radius 3 is 2.60 bits per heavy atom. The summed E-state index contributed by atoms with van der Waals surface area (Å²) in [6.07, 6.45) is -4.62. The summed E-state index contributed by atoms with van der Waals surface area (Å²) in [7, 11) is -3.14. The third-order valence-corrected chi connectivity index (χ3v) is 5.33. The zero-order valence-corrected chi connectivity index (χ0v) is 13.8. The Hall–Kier alpha value is -2.10. The highest BCUT2D eigenvalue weighted by Crippen LogP contribution is 2.29. The van der Waals surface area contributed by atoms with Gasteiger partial charge in [-0.2, -0.15) is 13.2 Å². The third-order valence-electron chi connectivity index (χ3n) is 3.56. The van der Waals surface area contributed by atoms with Crippen molar-refractivity contribution in [3.8, 4) is 0 Å². The van der Waals surface area contributed by atoms with E-state index in [1.165, 1.54) is 12.1 Å². The minimum Gasteiger partial charge on any atom is -0.455 e. The Kier molecular flexibility index (Phi) is 5.71. The summed E-state index contributed by atoms with van der Waals surface area (Å²) in [5.41, 5.74) is -0.764. The number of halogens is 3. The molecule has 10 heteroatoms. The van der Waals surface area contributed by atoms with Gasteiger partial charge in [0.05, 0.1) is 23.5 Å². The Bertz CT molecular complexity index is 761. The molecule has 1 unspecified atom stereocenters. The zero-order chi connectivity index (χ0) is 18.7. The van der Waals surface area contributed by atoms with E-state index >= 15 is 0 Å². The summed E-state index contributed by atoms with van der Waals surface area (Å²) in [6.45, 7) is -0.617. The number of rotatable bonds is 5. The number of benzene rings is 1. The fraction of sp³-hybridized carbons (Fsp3) is 0.467. The van der Waals surface area contributed by atoms with Gasteiger partial charge in [-0.1, -0.05) is 18.2 Å². The number of carbonyl (C=O) groups excluding carboxylic acids is 2. The maximum absolute atomic E-state index is 12.6. The minimum absolute atomic E-state index is 0.00667. The maximum Gasteiger partial charge on any atom is 0.416 e. The van der Waals surface area contributed by atoms with E-state index in [1.807, 2.05) is 0 Å². The van der Waals surface area contributed by atoms with Crippen LogP contribution in [0.5, 0.6) is 0 Å². The van der Waals surface area contributed by atoms with Crippen LogP contribution in [0.2, 0.25) is 0 Å². The molecular weight excluding hydrogens is 363 g/mol. The van der Waals surface area contributed by atoms with Gasteiger partial charge in [0.2, 0.25) is 0 Å². The number of hydrogen-bond acceptors (Lipinski definition) is 5. The number of carbonyl (C=O) groups is 2. The molecule has 1 aromatic rings. The highest BCUT2D eigenvalue weighted by Gasteiger charge is 2.31. The highest BCUT2D eigenvalue weighted by atomic mass is 32.2. The average Bonchev–Trinajstić information content (AvgIpc) is 2.83. The quantitative estimate of drug-likeness (QED) is 0.774. The van der Waals surface area contributed by atoms with E-state index in [2.05, 4.69) is 5.32 Å². The van der Waals surface area contributed by atoms with E-state index in [9.17, 15) is 31.2 Å². The summed E-state index contributed by atoms with van der Waals surface area (Å²) < 4.78 is 65.0. The topological polar surface area (TPSA) is 89.5 Å². The number of alkyl halides is 3. The van der Waals surface area contributed by atoms with Crippen LogP contribution >= 0.6 is 0 Å². The summed E-state index contributed by atoms with van der Waals surface area (Å²) in [4.78, 5) is 23.3. The normalized spacial score (nSPS) is 19.4. The minimum atomic E-state index is -4.51. The second kappa shape index (κ2) is 7.42. The van der Waals surface area contributed by atoms with Gasteiger partial charge >= 0.3 is 12.1 Å². The molecule has 1 fully saturated rings. The van der Waals surface area contributed by atoms with Crippen molar-refractivity contribution >= 4 is 21.7 Å². The van der Waals surface area contributed by atoms with Crippen molar-refractivity contribution in [2.24, 2.45) is 0 Å². The molecular formula is C15H16F3NO5S. The predicted molar refractivity (Wildman–Crippen MR) is 81.3 cm³/mol. The van der Waals surface area contributed by atoms with Crippen molar-refractivity contribution < 1.29 is 35.9 Å². The molecule has 0 spiro atoms. The number of esters is 1. The zero-order valence-electron chi connectivity index (χ0n) is 13.0. The third kappa shape index (κ3) is 6.04. The molecule has 1 atom stereocenters. The average molecular weight is 379 g/mol. The predicted octanol–water partition coefficient (Wildman–Crippen LogP) is 1.09. The molecule has 0 saturated carbocycles. The molecule has 0 aromatic heterocycles. The van der Waals surface area contributed by atoms with Crippen LogP contribution in [0.15, 0.2) is 24.3 Å². The number of sulfone groups is 1. The van der Waals surface area contributed by atoms with E-state index in [0.29, 0.717) is 6.42 Å². The molecule has 2 rings (SSSR count). The Balaban J connectivity index is 1.80. The van der Waals surface area contributed by atoms with Crippen LogP contribution < -0.4 is 5.32 Å². The smallest absolute Gasteiger partial charge is 0.416 e. The van der Waals surface area contributed by atoms with Crippen molar-refractivity contribution in [2.45, 2.75) is 25.1 Å². The van der Waals surface area contributed by atoms with Crippen LogP contribution in [0.1, 0.15) is 17.5 Å². The number of ether oxygens (including phenoxy) is 1. The van der Waals surface area contributed by atoms with Gasteiger partial charge in [-0.25, -0.2) is 8.42 Å². The largest absolute Gasteiger partial charge is 0.455 e. The van der Waals surface area contributed by atoms with Crippen LogP contribution in [0.25, 0.3) is 0 Å². The molecule has 1 saturated heterocycles. The lowest BCUT2D eigenvalue weighted by atomic mass is 10.1. The van der Waals surface area contributed by atoms with E-state index < -0.39 is 52.5 Å². The van der Waals surface area contributed by atoms with Gasteiger partial charge < -0.3 is 10.1 Å². The molecule has 1 aliphatic rings. The molecule has 1 aliphatic heterocycles. The number of amides is 1. The Labute approximate surface area is 142 Å². The van der Waals surface area contributed by atoms with Crippen molar-refractivity contribution in [1.29, 1.82) is 0 Å². The van der Waals surface area contributed by atoms with Gasteiger partial charge in [-0.05, 0) is 18.1 Å². The van der Waals surface area contributed by atoms with Crippen molar-refractivity contribution in [1.82, 2.24) is 5.32 Å². The van der Waals surface area contributed by atoms with E-state index in [0.717, 1.165) is 12.1 Å². The lowest BCUT2D eigenvalue weighted by molar-refractivity contribution is -0.148. The van der Waals surface area contributed by atoms with Crippen LogP contribution in [0.3, 0.4) is 0 Å². The van der Waals surface area contributed by atoms with Gasteiger partial charge in [0.15, 0.2) is 16.4 Å². The van der Waals surface area contributed by atoms with Crippen LogP contribution in [0.4, 0.5) is 13.2 Å². The molecule has 25 heavy (non-hydrogen) atoms. The Morgan fingerprint density at radius 2 is 2.00 bits per heavy atom. The lowest BCUT2D eigenvalue weighted by Crippen LogP contribution is -2.38. The highest BCUT2D eigenvalue weighted by molar-refractivity contribution is 7.91. The second-order valence-corrected chi connectivity index (χ2v) is 7.93. The van der Waals surface area contributed by atoms with Gasteiger partial charge in [-0.3, -0.25) is 9.59 Å². The summed E-state index contributed by atoms with van der Waals surface area (Å²) in [6, 6.07) is 3.74.